The molecule has 4 heteroatoms. The van der Waals surface area contributed by atoms with Gasteiger partial charge in [-0.25, -0.2) is 4.98 Å². The van der Waals surface area contributed by atoms with Gasteiger partial charge < -0.3 is 10.2 Å². The standard InChI is InChI=1S/C17H20BrN3/c1-12-15(6-8-17(18)20-12)19-11-13-5-7-16-14(10-13)4-3-9-21(16)2/h5-8,10,19H,3-4,9,11H2,1-2H3. The smallest absolute Gasteiger partial charge is 0.106 e. The molecule has 2 aromatic rings. The molecule has 21 heavy (non-hydrogen) atoms. The Hall–Kier alpha value is -1.55. The minimum Gasteiger partial charge on any atom is -0.380 e. The lowest BCUT2D eigenvalue weighted by Crippen LogP contribution is -2.24. The number of aryl methyl sites for hydroxylation is 2. The van der Waals surface area contributed by atoms with Crippen molar-refractivity contribution in [3.8, 4) is 0 Å². The van der Waals surface area contributed by atoms with Crippen LogP contribution >= 0.6 is 15.9 Å². The Morgan fingerprint density at radius 1 is 1.29 bits per heavy atom. The van der Waals surface area contributed by atoms with Crippen molar-refractivity contribution < 1.29 is 0 Å². The summed E-state index contributed by atoms with van der Waals surface area (Å²) in [6.07, 6.45) is 2.43. The highest BCUT2D eigenvalue weighted by atomic mass is 79.9. The number of hydrogen-bond donors (Lipinski definition) is 1. The first-order valence-corrected chi connectivity index (χ1v) is 8.13. The maximum atomic E-state index is 4.41. The van der Waals surface area contributed by atoms with Gasteiger partial charge in [0, 0.05) is 25.8 Å². The molecule has 110 valence electrons. The van der Waals surface area contributed by atoms with Crippen molar-refractivity contribution in [2.45, 2.75) is 26.3 Å². The number of pyridine rings is 1. The van der Waals surface area contributed by atoms with Crippen LogP contribution in [0.3, 0.4) is 0 Å². The molecule has 0 atom stereocenters. The van der Waals surface area contributed by atoms with Crippen molar-refractivity contribution in [1.82, 2.24) is 4.98 Å². The van der Waals surface area contributed by atoms with Gasteiger partial charge in [-0.1, -0.05) is 12.1 Å². The predicted molar refractivity (Wildman–Crippen MR) is 92.0 cm³/mol. The van der Waals surface area contributed by atoms with Crippen molar-refractivity contribution in [1.29, 1.82) is 0 Å². The number of hydrogen-bond acceptors (Lipinski definition) is 3. The number of rotatable bonds is 3. The molecule has 2 heterocycles. The molecular formula is C17H20BrN3. The summed E-state index contributed by atoms with van der Waals surface area (Å²) in [5, 5.41) is 3.48. The molecular weight excluding hydrogens is 326 g/mol. The average Bonchev–Trinajstić information content (AvgIpc) is 2.46. The van der Waals surface area contributed by atoms with Gasteiger partial charge in [-0.2, -0.15) is 0 Å². The third-order valence-corrected chi connectivity index (χ3v) is 4.47. The van der Waals surface area contributed by atoms with E-state index in [2.05, 4.69) is 62.4 Å². The van der Waals surface area contributed by atoms with Crippen molar-refractivity contribution in [2.24, 2.45) is 0 Å². The summed E-state index contributed by atoms with van der Waals surface area (Å²) in [7, 11) is 2.17. The fourth-order valence-corrected chi connectivity index (χ4v) is 3.26. The second kappa shape index (κ2) is 6.06. The van der Waals surface area contributed by atoms with E-state index in [1.165, 1.54) is 29.7 Å². The third-order valence-electron chi connectivity index (χ3n) is 4.03. The summed E-state index contributed by atoms with van der Waals surface area (Å²) in [4.78, 5) is 6.76. The van der Waals surface area contributed by atoms with E-state index in [9.17, 15) is 0 Å². The third kappa shape index (κ3) is 3.21. The predicted octanol–water partition coefficient (Wildman–Crippen LogP) is 4.15. The van der Waals surface area contributed by atoms with E-state index in [1.807, 2.05) is 13.0 Å². The molecule has 1 aliphatic heterocycles. The van der Waals surface area contributed by atoms with Gasteiger partial charge in [-0.05, 0) is 65.0 Å². The average molecular weight is 346 g/mol. The summed E-state index contributed by atoms with van der Waals surface area (Å²) >= 11 is 3.40. The molecule has 1 N–H and O–H groups in total. The van der Waals surface area contributed by atoms with Crippen LogP contribution in [0.1, 0.15) is 23.2 Å². The molecule has 1 aromatic carbocycles. The highest BCUT2D eigenvalue weighted by molar-refractivity contribution is 9.10. The van der Waals surface area contributed by atoms with Gasteiger partial charge in [-0.3, -0.25) is 0 Å². The first-order valence-electron chi connectivity index (χ1n) is 7.33. The molecule has 0 amide bonds. The van der Waals surface area contributed by atoms with Gasteiger partial charge in [0.05, 0.1) is 11.4 Å². The molecule has 0 saturated carbocycles. The van der Waals surface area contributed by atoms with E-state index in [0.717, 1.165) is 29.1 Å². The Bertz CT molecular complexity index is 654. The molecule has 0 aliphatic carbocycles. The molecule has 0 bridgehead atoms. The van der Waals surface area contributed by atoms with Crippen LogP contribution in [0.2, 0.25) is 0 Å². The number of halogens is 1. The number of nitrogens with zero attached hydrogens (tertiary/aromatic N) is 2. The molecule has 0 radical (unpaired) electrons. The van der Waals surface area contributed by atoms with Gasteiger partial charge in [0.25, 0.3) is 0 Å². The Labute approximate surface area is 134 Å². The summed E-state index contributed by atoms with van der Waals surface area (Å²) in [5.74, 6) is 0. The summed E-state index contributed by atoms with van der Waals surface area (Å²) < 4.78 is 0.877. The van der Waals surface area contributed by atoms with Crippen molar-refractivity contribution >= 4 is 27.3 Å². The van der Waals surface area contributed by atoms with Gasteiger partial charge >= 0.3 is 0 Å². The largest absolute Gasteiger partial charge is 0.380 e. The molecule has 3 nitrogen and oxygen atoms in total. The zero-order valence-electron chi connectivity index (χ0n) is 12.5. The van der Waals surface area contributed by atoms with Crippen molar-refractivity contribution in [2.75, 3.05) is 23.8 Å². The highest BCUT2D eigenvalue weighted by Crippen LogP contribution is 2.27. The summed E-state index contributed by atoms with van der Waals surface area (Å²) in [6.45, 7) is 4.02. The molecule has 0 saturated heterocycles. The molecule has 1 aliphatic rings. The molecule has 0 fully saturated rings. The van der Waals surface area contributed by atoms with Crippen LogP contribution in [0.5, 0.6) is 0 Å². The van der Waals surface area contributed by atoms with Crippen LogP contribution in [-0.2, 0) is 13.0 Å². The summed E-state index contributed by atoms with van der Waals surface area (Å²) in [5.41, 5.74) is 6.28. The van der Waals surface area contributed by atoms with E-state index in [-0.39, 0.29) is 0 Å². The molecule has 0 unspecified atom stereocenters. The minimum absolute atomic E-state index is 0.834. The van der Waals surface area contributed by atoms with Crippen LogP contribution in [0.15, 0.2) is 34.9 Å². The Balaban J connectivity index is 1.73. The van der Waals surface area contributed by atoms with E-state index >= 15 is 0 Å². The highest BCUT2D eigenvalue weighted by Gasteiger charge is 2.13. The first kappa shape index (κ1) is 14.4. The molecule has 1 aromatic heterocycles. The quantitative estimate of drug-likeness (QED) is 0.847. The van der Waals surface area contributed by atoms with Crippen molar-refractivity contribution in [3.63, 3.8) is 0 Å². The zero-order chi connectivity index (χ0) is 14.8. The second-order valence-corrected chi connectivity index (χ2v) is 6.42. The topological polar surface area (TPSA) is 28.2 Å². The number of benzene rings is 1. The van der Waals surface area contributed by atoms with Gasteiger partial charge in [-0.15, -0.1) is 0 Å². The van der Waals surface area contributed by atoms with Crippen LogP contribution in [0.25, 0.3) is 0 Å². The second-order valence-electron chi connectivity index (χ2n) is 5.61. The van der Waals surface area contributed by atoms with E-state index in [1.54, 1.807) is 0 Å². The fraction of sp³-hybridized carbons (Fsp3) is 0.353. The van der Waals surface area contributed by atoms with E-state index in [0.29, 0.717) is 0 Å². The monoisotopic (exact) mass is 345 g/mol. The van der Waals surface area contributed by atoms with E-state index in [4.69, 9.17) is 0 Å². The normalized spacial score (nSPS) is 14.0. The van der Waals surface area contributed by atoms with E-state index < -0.39 is 0 Å². The van der Waals surface area contributed by atoms with Crippen LogP contribution in [-0.4, -0.2) is 18.6 Å². The van der Waals surface area contributed by atoms with Crippen molar-refractivity contribution in [3.05, 3.63) is 51.8 Å². The number of anilines is 2. The maximum Gasteiger partial charge on any atom is 0.106 e. The number of fused-ring (bicyclic) bond motifs is 1. The zero-order valence-corrected chi connectivity index (χ0v) is 14.1. The van der Waals surface area contributed by atoms with Crippen LogP contribution in [0, 0.1) is 6.92 Å². The maximum absolute atomic E-state index is 4.41. The van der Waals surface area contributed by atoms with Gasteiger partial charge in [0.2, 0.25) is 0 Å². The molecule has 3 rings (SSSR count). The van der Waals surface area contributed by atoms with Gasteiger partial charge in [0.1, 0.15) is 4.60 Å². The van der Waals surface area contributed by atoms with Crippen LogP contribution < -0.4 is 10.2 Å². The Morgan fingerprint density at radius 2 is 2.14 bits per heavy atom. The number of aromatic nitrogens is 1. The van der Waals surface area contributed by atoms with Crippen LogP contribution in [0.4, 0.5) is 11.4 Å². The minimum atomic E-state index is 0.834. The SMILES string of the molecule is Cc1nc(Br)ccc1NCc1ccc2c(c1)CCCN2C. The lowest BCUT2D eigenvalue weighted by Gasteiger charge is -2.28. The first-order chi connectivity index (χ1) is 10.1. The lowest BCUT2D eigenvalue weighted by atomic mass is 9.99. The number of nitrogens with one attached hydrogen (secondary N) is 1. The fourth-order valence-electron chi connectivity index (χ4n) is 2.86. The van der Waals surface area contributed by atoms with Gasteiger partial charge in [0.15, 0.2) is 0 Å². The lowest BCUT2D eigenvalue weighted by molar-refractivity contribution is 0.743. The summed E-state index contributed by atoms with van der Waals surface area (Å²) in [6, 6.07) is 10.8. The Morgan fingerprint density at radius 3 is 2.95 bits per heavy atom. The Kier molecular flexibility index (Phi) is 4.15. The molecule has 0 spiro atoms.